The van der Waals surface area contributed by atoms with Crippen LogP contribution in [0.1, 0.15) is 43.5 Å². The minimum atomic E-state index is -0.144. The normalized spacial score (nSPS) is 20.4. The van der Waals surface area contributed by atoms with Gasteiger partial charge in [-0.2, -0.15) is 0 Å². The summed E-state index contributed by atoms with van der Waals surface area (Å²) in [5.74, 6) is 1.18. The van der Waals surface area contributed by atoms with Crippen LogP contribution < -0.4 is 0 Å². The monoisotopic (exact) mass is 291 g/mol. The Bertz CT molecular complexity index is 499. The molecule has 0 aromatic heterocycles. The molecule has 0 amide bonds. The minimum Gasteiger partial charge on any atom is -0.508 e. The fraction of sp³-hybridized carbons (Fsp3) is 0.588. The lowest BCUT2D eigenvalue weighted by molar-refractivity contribution is 0.0929. The van der Waals surface area contributed by atoms with Crippen molar-refractivity contribution in [3.8, 4) is 11.5 Å². The van der Waals surface area contributed by atoms with Crippen LogP contribution in [-0.4, -0.2) is 40.5 Å². The van der Waals surface area contributed by atoms with Crippen LogP contribution in [0.4, 0.5) is 0 Å². The van der Waals surface area contributed by atoms with Gasteiger partial charge in [-0.05, 0) is 56.3 Å². The standard InChI is InChI=1S/C17H25NO3/c1-12(2)13-4-3-8-18(9-7-13)11-17(21)15-6-5-14(19)10-16(15)20/h5-6,10,12-13,19-20H,3-4,7-9,11H2,1-2H3. The Kier molecular flexibility index (Phi) is 5.23. The Balaban J connectivity index is 1.96. The van der Waals surface area contributed by atoms with Gasteiger partial charge in [0.05, 0.1) is 12.1 Å². The Labute approximate surface area is 126 Å². The van der Waals surface area contributed by atoms with E-state index >= 15 is 0 Å². The first-order valence-corrected chi connectivity index (χ1v) is 7.75. The van der Waals surface area contributed by atoms with Crippen molar-refractivity contribution in [2.75, 3.05) is 19.6 Å². The molecule has 0 aliphatic carbocycles. The molecule has 1 aliphatic heterocycles. The molecule has 1 aliphatic rings. The molecule has 1 fully saturated rings. The molecule has 2 rings (SSSR count). The lowest BCUT2D eigenvalue weighted by Crippen LogP contribution is -2.31. The van der Waals surface area contributed by atoms with E-state index in [0.29, 0.717) is 12.5 Å². The van der Waals surface area contributed by atoms with Crippen LogP contribution in [0, 0.1) is 11.8 Å². The van der Waals surface area contributed by atoms with Crippen LogP contribution >= 0.6 is 0 Å². The summed E-state index contributed by atoms with van der Waals surface area (Å²) >= 11 is 0. The predicted octanol–water partition coefficient (Wildman–Crippen LogP) is 3.04. The summed E-state index contributed by atoms with van der Waals surface area (Å²) < 4.78 is 0. The molecule has 116 valence electrons. The molecule has 1 heterocycles. The van der Waals surface area contributed by atoms with Crippen LogP contribution in [0.25, 0.3) is 0 Å². The molecule has 1 atom stereocenters. The Morgan fingerprint density at radius 1 is 1.29 bits per heavy atom. The van der Waals surface area contributed by atoms with E-state index < -0.39 is 0 Å². The first kappa shape index (κ1) is 15.8. The third-order valence-electron chi connectivity index (χ3n) is 4.46. The van der Waals surface area contributed by atoms with Crippen molar-refractivity contribution in [1.82, 2.24) is 4.90 Å². The fourth-order valence-corrected chi connectivity index (χ4v) is 3.05. The van der Waals surface area contributed by atoms with Gasteiger partial charge in [-0.25, -0.2) is 0 Å². The van der Waals surface area contributed by atoms with E-state index in [4.69, 9.17) is 0 Å². The van der Waals surface area contributed by atoms with Crippen LogP contribution in [0.3, 0.4) is 0 Å². The van der Waals surface area contributed by atoms with Crippen molar-refractivity contribution in [1.29, 1.82) is 0 Å². The Morgan fingerprint density at radius 3 is 2.71 bits per heavy atom. The number of benzene rings is 1. The van der Waals surface area contributed by atoms with Gasteiger partial charge in [-0.1, -0.05) is 13.8 Å². The van der Waals surface area contributed by atoms with Crippen molar-refractivity contribution in [3.63, 3.8) is 0 Å². The number of phenolic OH excluding ortho intramolecular Hbond substituents is 2. The second-order valence-corrected chi connectivity index (χ2v) is 6.34. The highest BCUT2D eigenvalue weighted by atomic mass is 16.3. The van der Waals surface area contributed by atoms with Crippen LogP contribution in [0.5, 0.6) is 11.5 Å². The molecule has 0 bridgehead atoms. The first-order chi connectivity index (χ1) is 9.97. The second-order valence-electron chi connectivity index (χ2n) is 6.34. The molecule has 1 saturated heterocycles. The number of carbonyl (C=O) groups is 1. The van der Waals surface area contributed by atoms with Crippen molar-refractivity contribution >= 4 is 5.78 Å². The fourth-order valence-electron chi connectivity index (χ4n) is 3.05. The molecular weight excluding hydrogens is 266 g/mol. The van der Waals surface area contributed by atoms with Gasteiger partial charge in [0.25, 0.3) is 0 Å². The largest absolute Gasteiger partial charge is 0.508 e. The van der Waals surface area contributed by atoms with Crippen molar-refractivity contribution in [3.05, 3.63) is 23.8 Å². The van der Waals surface area contributed by atoms with E-state index in [0.717, 1.165) is 31.8 Å². The molecular formula is C17H25NO3. The average molecular weight is 291 g/mol. The predicted molar refractivity (Wildman–Crippen MR) is 82.7 cm³/mol. The van der Waals surface area contributed by atoms with Crippen LogP contribution in [-0.2, 0) is 0 Å². The van der Waals surface area contributed by atoms with Gasteiger partial charge in [-0.15, -0.1) is 0 Å². The number of likely N-dealkylation sites (tertiary alicyclic amines) is 1. The highest BCUT2D eigenvalue weighted by Crippen LogP contribution is 2.26. The van der Waals surface area contributed by atoms with E-state index in [9.17, 15) is 15.0 Å². The number of aromatic hydroxyl groups is 2. The number of hydrogen-bond donors (Lipinski definition) is 2. The zero-order valence-corrected chi connectivity index (χ0v) is 12.9. The number of rotatable bonds is 4. The molecule has 4 heteroatoms. The van der Waals surface area contributed by atoms with Gasteiger partial charge in [0.15, 0.2) is 5.78 Å². The quantitative estimate of drug-likeness (QED) is 0.837. The van der Waals surface area contributed by atoms with Crippen molar-refractivity contribution < 1.29 is 15.0 Å². The van der Waals surface area contributed by atoms with Crippen LogP contribution in [0.15, 0.2) is 18.2 Å². The number of ketones is 1. The van der Waals surface area contributed by atoms with Gasteiger partial charge in [-0.3, -0.25) is 9.69 Å². The van der Waals surface area contributed by atoms with Gasteiger partial charge in [0, 0.05) is 6.07 Å². The zero-order chi connectivity index (χ0) is 15.4. The van der Waals surface area contributed by atoms with E-state index in [1.54, 1.807) is 0 Å². The van der Waals surface area contributed by atoms with E-state index in [2.05, 4.69) is 18.7 Å². The summed E-state index contributed by atoms with van der Waals surface area (Å²) in [5, 5.41) is 19.0. The van der Waals surface area contributed by atoms with Crippen molar-refractivity contribution in [2.24, 2.45) is 11.8 Å². The average Bonchev–Trinajstić information content (AvgIpc) is 2.64. The summed E-state index contributed by atoms with van der Waals surface area (Å²) in [6.07, 6.45) is 3.48. The summed E-state index contributed by atoms with van der Waals surface area (Å²) in [4.78, 5) is 14.5. The number of hydrogen-bond acceptors (Lipinski definition) is 4. The maximum absolute atomic E-state index is 12.3. The molecule has 1 aromatic carbocycles. The molecule has 0 saturated carbocycles. The molecule has 4 nitrogen and oxygen atoms in total. The lowest BCUT2D eigenvalue weighted by atomic mass is 9.89. The first-order valence-electron chi connectivity index (χ1n) is 7.75. The van der Waals surface area contributed by atoms with E-state index in [1.807, 2.05) is 0 Å². The summed E-state index contributed by atoms with van der Waals surface area (Å²) in [5.41, 5.74) is 0.289. The Morgan fingerprint density at radius 2 is 2.05 bits per heavy atom. The number of phenols is 2. The molecule has 21 heavy (non-hydrogen) atoms. The third-order valence-corrected chi connectivity index (χ3v) is 4.46. The second kappa shape index (κ2) is 6.94. The van der Waals surface area contributed by atoms with Gasteiger partial charge in [0.1, 0.15) is 11.5 Å². The Hall–Kier alpha value is -1.55. The molecule has 1 aromatic rings. The third kappa shape index (κ3) is 4.21. The summed E-state index contributed by atoms with van der Waals surface area (Å²) in [6, 6.07) is 4.14. The molecule has 0 radical (unpaired) electrons. The van der Waals surface area contributed by atoms with E-state index in [-0.39, 0.29) is 22.8 Å². The van der Waals surface area contributed by atoms with E-state index in [1.165, 1.54) is 24.6 Å². The van der Waals surface area contributed by atoms with Gasteiger partial charge >= 0.3 is 0 Å². The number of nitrogens with zero attached hydrogens (tertiary/aromatic N) is 1. The smallest absolute Gasteiger partial charge is 0.180 e. The molecule has 2 N–H and O–H groups in total. The van der Waals surface area contributed by atoms with Crippen molar-refractivity contribution in [2.45, 2.75) is 33.1 Å². The maximum Gasteiger partial charge on any atom is 0.180 e. The topological polar surface area (TPSA) is 60.8 Å². The molecule has 0 spiro atoms. The lowest BCUT2D eigenvalue weighted by Gasteiger charge is -2.20. The number of Topliss-reactive ketones (excluding diaryl/α,β-unsaturated/α-hetero) is 1. The highest BCUT2D eigenvalue weighted by molar-refractivity contribution is 6.00. The number of carbonyl (C=O) groups excluding carboxylic acids is 1. The highest BCUT2D eigenvalue weighted by Gasteiger charge is 2.22. The summed E-state index contributed by atoms with van der Waals surface area (Å²) in [7, 11) is 0. The van der Waals surface area contributed by atoms with Crippen LogP contribution in [0.2, 0.25) is 0 Å². The zero-order valence-electron chi connectivity index (χ0n) is 12.9. The van der Waals surface area contributed by atoms with Gasteiger partial charge in [0.2, 0.25) is 0 Å². The minimum absolute atomic E-state index is 0.0291. The molecule has 1 unspecified atom stereocenters. The SMILES string of the molecule is CC(C)C1CCCN(CC(=O)c2ccc(O)cc2O)CC1. The van der Waals surface area contributed by atoms with Gasteiger partial charge < -0.3 is 10.2 Å². The maximum atomic E-state index is 12.3. The summed E-state index contributed by atoms with van der Waals surface area (Å²) in [6.45, 7) is 6.74.